The molecule has 2 aromatic carbocycles. The quantitative estimate of drug-likeness (QED) is 0.665. The maximum absolute atomic E-state index is 13.2. The summed E-state index contributed by atoms with van der Waals surface area (Å²) >= 11 is 0. The average molecular weight is 460 g/mol. The minimum Gasteiger partial charge on any atom is -0.369 e. The number of benzene rings is 2. The minimum absolute atomic E-state index is 0.0423. The van der Waals surface area contributed by atoms with Crippen LogP contribution in [0.25, 0.3) is 0 Å². The van der Waals surface area contributed by atoms with E-state index in [1.54, 1.807) is 35.2 Å². The zero-order valence-corrected chi connectivity index (χ0v) is 19.0. The number of halogens is 1. The fraction of sp³-hybridized carbons (Fsp3) is 0.458. The van der Waals surface area contributed by atoms with Crippen molar-refractivity contribution in [1.82, 2.24) is 9.80 Å². The standard InChI is InChI=1S/C24H30FN3O3S/c25-20-6-8-21(9-7-20)26-14-16-27(17-15-26)22-10-11-24(29)28(13-12-22)18-19-32(30,31)23-4-2-1-3-5-23/h1-9,22H,10-19H2/t22-/m1/s1. The number of amides is 1. The Bertz CT molecular complexity index is 1010. The van der Waals surface area contributed by atoms with Crippen molar-refractivity contribution >= 4 is 21.4 Å². The zero-order valence-electron chi connectivity index (χ0n) is 18.2. The predicted octanol–water partition coefficient (Wildman–Crippen LogP) is 2.80. The van der Waals surface area contributed by atoms with Gasteiger partial charge in [-0.05, 0) is 49.2 Å². The molecule has 0 spiro atoms. The van der Waals surface area contributed by atoms with Gasteiger partial charge in [0.05, 0.1) is 10.6 Å². The molecule has 6 nitrogen and oxygen atoms in total. The first-order chi connectivity index (χ1) is 15.4. The van der Waals surface area contributed by atoms with Gasteiger partial charge in [0.1, 0.15) is 5.82 Å². The number of anilines is 1. The van der Waals surface area contributed by atoms with Crippen LogP contribution in [0.3, 0.4) is 0 Å². The molecule has 172 valence electrons. The van der Waals surface area contributed by atoms with Gasteiger partial charge in [0.15, 0.2) is 9.84 Å². The fourth-order valence-corrected chi connectivity index (χ4v) is 5.87. The van der Waals surface area contributed by atoms with Gasteiger partial charge < -0.3 is 9.80 Å². The summed E-state index contributed by atoms with van der Waals surface area (Å²) in [5, 5.41) is 0. The first-order valence-corrected chi connectivity index (χ1v) is 12.9. The number of rotatable bonds is 6. The summed E-state index contributed by atoms with van der Waals surface area (Å²) in [6.45, 7) is 4.37. The SMILES string of the molecule is O=C1CC[C@@H](N2CCN(c3ccc(F)cc3)CC2)CCN1CCS(=O)(=O)c1ccccc1. The van der Waals surface area contributed by atoms with E-state index in [4.69, 9.17) is 0 Å². The minimum atomic E-state index is -3.40. The summed E-state index contributed by atoms with van der Waals surface area (Å²) in [6.07, 6.45) is 2.11. The lowest BCUT2D eigenvalue weighted by Gasteiger charge is -2.40. The average Bonchev–Trinajstić information content (AvgIpc) is 3.00. The Hall–Kier alpha value is -2.45. The molecular formula is C24H30FN3O3S. The zero-order chi connectivity index (χ0) is 22.6. The number of hydrogen-bond acceptors (Lipinski definition) is 5. The number of carbonyl (C=O) groups excluding carboxylic acids is 1. The van der Waals surface area contributed by atoms with E-state index in [9.17, 15) is 17.6 Å². The van der Waals surface area contributed by atoms with Crippen LogP contribution in [0, 0.1) is 5.82 Å². The van der Waals surface area contributed by atoms with Crippen LogP contribution in [0.5, 0.6) is 0 Å². The second-order valence-electron chi connectivity index (χ2n) is 8.49. The van der Waals surface area contributed by atoms with Gasteiger partial charge in [-0.3, -0.25) is 9.69 Å². The highest BCUT2D eigenvalue weighted by Gasteiger charge is 2.29. The number of nitrogens with zero attached hydrogens (tertiary/aromatic N) is 3. The summed E-state index contributed by atoms with van der Waals surface area (Å²) < 4.78 is 38.3. The van der Waals surface area contributed by atoms with Crippen molar-refractivity contribution in [2.24, 2.45) is 0 Å². The van der Waals surface area contributed by atoms with E-state index >= 15 is 0 Å². The van der Waals surface area contributed by atoms with E-state index in [1.807, 2.05) is 12.1 Å². The Labute approximate surface area is 189 Å². The maximum Gasteiger partial charge on any atom is 0.222 e. The topological polar surface area (TPSA) is 60.9 Å². The first-order valence-electron chi connectivity index (χ1n) is 11.2. The second kappa shape index (κ2) is 10.0. The molecule has 0 saturated carbocycles. The molecule has 0 unspecified atom stereocenters. The fourth-order valence-electron chi connectivity index (χ4n) is 4.60. The number of likely N-dealkylation sites (tertiary alicyclic amines) is 1. The molecule has 0 aliphatic carbocycles. The molecule has 2 aliphatic rings. The van der Waals surface area contributed by atoms with E-state index in [-0.39, 0.29) is 24.0 Å². The van der Waals surface area contributed by atoms with Gasteiger partial charge in [-0.15, -0.1) is 0 Å². The van der Waals surface area contributed by atoms with Gasteiger partial charge in [-0.1, -0.05) is 18.2 Å². The van der Waals surface area contributed by atoms with Crippen LogP contribution in [0.2, 0.25) is 0 Å². The molecule has 2 fully saturated rings. The van der Waals surface area contributed by atoms with E-state index in [0.717, 1.165) is 44.7 Å². The molecule has 2 aliphatic heterocycles. The van der Waals surface area contributed by atoms with Crippen molar-refractivity contribution in [2.45, 2.75) is 30.2 Å². The Balaban J connectivity index is 1.29. The molecular weight excluding hydrogens is 429 g/mol. The van der Waals surface area contributed by atoms with Crippen LogP contribution in [0.15, 0.2) is 59.5 Å². The molecule has 32 heavy (non-hydrogen) atoms. The summed E-state index contributed by atoms with van der Waals surface area (Å²) in [5.41, 5.74) is 1.04. The normalized spacial score (nSPS) is 20.9. The van der Waals surface area contributed by atoms with Crippen LogP contribution >= 0.6 is 0 Å². The third-order valence-corrected chi connectivity index (χ3v) is 8.24. The van der Waals surface area contributed by atoms with Gasteiger partial charge in [0.25, 0.3) is 0 Å². The van der Waals surface area contributed by atoms with Crippen molar-refractivity contribution in [2.75, 3.05) is 49.9 Å². The van der Waals surface area contributed by atoms with Gasteiger partial charge in [-0.25, -0.2) is 12.8 Å². The van der Waals surface area contributed by atoms with Crippen molar-refractivity contribution in [3.8, 4) is 0 Å². The molecule has 0 N–H and O–H groups in total. The molecule has 1 atom stereocenters. The molecule has 1 amide bonds. The molecule has 2 aromatic rings. The predicted molar refractivity (Wildman–Crippen MR) is 123 cm³/mol. The smallest absolute Gasteiger partial charge is 0.222 e. The number of hydrogen-bond donors (Lipinski definition) is 0. The van der Waals surface area contributed by atoms with Gasteiger partial charge >= 0.3 is 0 Å². The summed E-state index contributed by atoms with van der Waals surface area (Å²) in [7, 11) is -3.40. The van der Waals surface area contributed by atoms with Crippen LogP contribution < -0.4 is 4.90 Å². The first kappa shape index (κ1) is 22.7. The molecule has 0 aromatic heterocycles. The van der Waals surface area contributed by atoms with E-state index < -0.39 is 9.84 Å². The van der Waals surface area contributed by atoms with Gasteiger partial charge in [0.2, 0.25) is 5.91 Å². The van der Waals surface area contributed by atoms with Crippen molar-refractivity contribution in [1.29, 1.82) is 0 Å². The highest BCUT2D eigenvalue weighted by Crippen LogP contribution is 2.22. The Morgan fingerprint density at radius 1 is 0.875 bits per heavy atom. The van der Waals surface area contributed by atoms with Crippen LogP contribution in [-0.2, 0) is 14.6 Å². The van der Waals surface area contributed by atoms with Crippen molar-refractivity contribution in [3.63, 3.8) is 0 Å². The lowest BCUT2D eigenvalue weighted by molar-refractivity contribution is -0.130. The summed E-state index contributed by atoms with van der Waals surface area (Å²) in [5.74, 6) is -0.235. The second-order valence-corrected chi connectivity index (χ2v) is 10.6. The lowest BCUT2D eigenvalue weighted by Crippen LogP contribution is -2.50. The lowest BCUT2D eigenvalue weighted by atomic mass is 10.1. The van der Waals surface area contributed by atoms with E-state index in [0.29, 0.717) is 23.9 Å². The Kier molecular flexibility index (Phi) is 7.10. The molecule has 8 heteroatoms. The van der Waals surface area contributed by atoms with E-state index in [1.165, 1.54) is 12.1 Å². The number of carbonyl (C=O) groups is 1. The Morgan fingerprint density at radius 3 is 2.25 bits per heavy atom. The molecule has 0 bridgehead atoms. The Morgan fingerprint density at radius 2 is 1.56 bits per heavy atom. The van der Waals surface area contributed by atoms with Crippen molar-refractivity contribution < 1.29 is 17.6 Å². The van der Waals surface area contributed by atoms with Gasteiger partial charge in [-0.2, -0.15) is 0 Å². The molecule has 2 saturated heterocycles. The molecule has 2 heterocycles. The highest BCUT2D eigenvalue weighted by atomic mass is 32.2. The summed E-state index contributed by atoms with van der Waals surface area (Å²) in [4.78, 5) is 19.4. The number of sulfone groups is 1. The molecule has 0 radical (unpaired) electrons. The van der Waals surface area contributed by atoms with Crippen LogP contribution in [0.1, 0.15) is 19.3 Å². The third-order valence-electron chi connectivity index (χ3n) is 6.53. The highest BCUT2D eigenvalue weighted by molar-refractivity contribution is 7.91. The number of piperazine rings is 1. The van der Waals surface area contributed by atoms with E-state index in [2.05, 4.69) is 9.80 Å². The summed E-state index contributed by atoms with van der Waals surface area (Å²) in [6, 6.07) is 15.3. The van der Waals surface area contributed by atoms with Crippen LogP contribution in [0.4, 0.5) is 10.1 Å². The van der Waals surface area contributed by atoms with Crippen molar-refractivity contribution in [3.05, 3.63) is 60.4 Å². The largest absolute Gasteiger partial charge is 0.369 e. The monoisotopic (exact) mass is 459 g/mol. The molecule has 4 rings (SSSR count). The van der Waals surface area contributed by atoms with Gasteiger partial charge in [0, 0.05) is 57.4 Å². The third kappa shape index (κ3) is 5.48. The maximum atomic E-state index is 13.2. The van der Waals surface area contributed by atoms with Crippen LogP contribution in [-0.4, -0.2) is 75.2 Å².